The van der Waals surface area contributed by atoms with Gasteiger partial charge in [0.2, 0.25) is 0 Å². The molecule has 2 N–H and O–H groups in total. The smallest absolute Gasteiger partial charge is 0.260 e. The maximum atomic E-state index is 12.2. The second kappa shape index (κ2) is 4.38. The van der Waals surface area contributed by atoms with Crippen LogP contribution in [0.15, 0.2) is 29.3 Å². The van der Waals surface area contributed by atoms with E-state index < -0.39 is 0 Å². The van der Waals surface area contributed by atoms with Crippen molar-refractivity contribution < 1.29 is 5.11 Å². The summed E-state index contributed by atoms with van der Waals surface area (Å²) in [5, 5.41) is 15.5. The Labute approximate surface area is 119 Å². The van der Waals surface area contributed by atoms with Crippen molar-refractivity contribution in [2.24, 2.45) is 7.05 Å². The third-order valence-electron chi connectivity index (χ3n) is 3.26. The molecule has 0 atom stereocenters. The SMILES string of the molecule is Cc1cc2c(O)c(-c3cnn(C)c3)c(=O)[nH]c2cc1Cl. The summed E-state index contributed by atoms with van der Waals surface area (Å²) < 4.78 is 1.57. The first-order valence-electron chi connectivity index (χ1n) is 6.01. The molecule has 0 aliphatic carbocycles. The fraction of sp³-hybridized carbons (Fsp3) is 0.143. The number of aromatic hydroxyl groups is 1. The maximum Gasteiger partial charge on any atom is 0.260 e. The third-order valence-corrected chi connectivity index (χ3v) is 3.67. The van der Waals surface area contributed by atoms with Crippen molar-refractivity contribution in [1.82, 2.24) is 14.8 Å². The van der Waals surface area contributed by atoms with Crippen LogP contribution in [0, 0.1) is 6.92 Å². The number of rotatable bonds is 1. The molecule has 2 heterocycles. The van der Waals surface area contributed by atoms with Crippen LogP contribution in [0.4, 0.5) is 0 Å². The van der Waals surface area contributed by atoms with Crippen LogP contribution in [-0.2, 0) is 7.05 Å². The summed E-state index contributed by atoms with van der Waals surface area (Å²) >= 11 is 6.04. The molecule has 1 aromatic carbocycles. The minimum absolute atomic E-state index is 0.0588. The maximum absolute atomic E-state index is 12.2. The normalized spacial score (nSPS) is 11.2. The lowest BCUT2D eigenvalue weighted by Crippen LogP contribution is -2.09. The summed E-state index contributed by atoms with van der Waals surface area (Å²) in [6, 6.07) is 3.39. The summed E-state index contributed by atoms with van der Waals surface area (Å²) in [7, 11) is 1.75. The molecule has 5 nitrogen and oxygen atoms in total. The summed E-state index contributed by atoms with van der Waals surface area (Å²) in [6.07, 6.45) is 3.22. The van der Waals surface area contributed by atoms with E-state index in [1.807, 2.05) is 6.92 Å². The van der Waals surface area contributed by atoms with Gasteiger partial charge in [-0.3, -0.25) is 9.48 Å². The highest BCUT2D eigenvalue weighted by atomic mass is 35.5. The summed E-state index contributed by atoms with van der Waals surface area (Å²) in [5.74, 6) is -0.0588. The van der Waals surface area contributed by atoms with Gasteiger partial charge in [0.25, 0.3) is 5.56 Å². The molecule has 0 radical (unpaired) electrons. The standard InChI is InChI=1S/C14H12ClN3O2/c1-7-3-9-11(4-10(7)15)17-14(20)12(13(9)19)8-5-16-18(2)6-8/h3-6H,1-2H3,(H2,17,19,20). The van der Waals surface area contributed by atoms with Crippen molar-refractivity contribution in [2.75, 3.05) is 0 Å². The first-order valence-corrected chi connectivity index (χ1v) is 6.39. The lowest BCUT2D eigenvalue weighted by atomic mass is 10.0. The van der Waals surface area contributed by atoms with Crippen molar-refractivity contribution in [3.63, 3.8) is 0 Å². The second-order valence-corrected chi connectivity index (χ2v) is 5.13. The summed E-state index contributed by atoms with van der Waals surface area (Å²) in [5.41, 5.74) is 1.75. The average Bonchev–Trinajstić information content (AvgIpc) is 2.79. The number of benzene rings is 1. The minimum Gasteiger partial charge on any atom is -0.506 e. The predicted octanol–water partition coefficient (Wildman–Crippen LogP) is 2.60. The number of H-pyrrole nitrogens is 1. The molecule has 0 unspecified atom stereocenters. The van der Waals surface area contributed by atoms with Gasteiger partial charge in [-0.1, -0.05) is 11.6 Å². The first-order chi connectivity index (χ1) is 9.47. The number of aryl methyl sites for hydroxylation is 2. The quantitative estimate of drug-likeness (QED) is 0.723. The highest BCUT2D eigenvalue weighted by Crippen LogP contribution is 2.33. The number of halogens is 1. The van der Waals surface area contributed by atoms with Crippen LogP contribution >= 0.6 is 11.6 Å². The van der Waals surface area contributed by atoms with E-state index in [9.17, 15) is 9.90 Å². The Kier molecular flexibility index (Phi) is 2.79. The topological polar surface area (TPSA) is 70.9 Å². The Morgan fingerprint density at radius 3 is 2.80 bits per heavy atom. The predicted molar refractivity (Wildman–Crippen MR) is 78.2 cm³/mol. The highest BCUT2D eigenvalue weighted by molar-refractivity contribution is 6.32. The molecule has 6 heteroatoms. The summed E-state index contributed by atoms with van der Waals surface area (Å²) in [6.45, 7) is 1.84. The van der Waals surface area contributed by atoms with Crippen molar-refractivity contribution >= 4 is 22.5 Å². The van der Waals surface area contributed by atoms with Crippen molar-refractivity contribution in [3.05, 3.63) is 45.5 Å². The monoisotopic (exact) mass is 289 g/mol. The Bertz CT molecular complexity index is 880. The largest absolute Gasteiger partial charge is 0.506 e. The number of fused-ring (bicyclic) bond motifs is 1. The van der Waals surface area contributed by atoms with Crippen molar-refractivity contribution in [2.45, 2.75) is 6.92 Å². The van der Waals surface area contributed by atoms with E-state index in [0.717, 1.165) is 5.56 Å². The van der Waals surface area contributed by atoms with Crippen LogP contribution in [0.25, 0.3) is 22.0 Å². The van der Waals surface area contributed by atoms with Gasteiger partial charge in [-0.25, -0.2) is 0 Å². The zero-order valence-corrected chi connectivity index (χ0v) is 11.7. The van der Waals surface area contributed by atoms with Crippen molar-refractivity contribution in [3.8, 4) is 16.9 Å². The van der Waals surface area contributed by atoms with Gasteiger partial charge in [-0.05, 0) is 24.6 Å². The molecular formula is C14H12ClN3O2. The van der Waals surface area contributed by atoms with Gasteiger partial charge in [0.1, 0.15) is 5.75 Å². The molecule has 0 aliphatic rings. The van der Waals surface area contributed by atoms with Crippen LogP contribution < -0.4 is 5.56 Å². The number of nitrogens with one attached hydrogen (secondary N) is 1. The fourth-order valence-corrected chi connectivity index (χ4v) is 2.39. The van der Waals surface area contributed by atoms with Gasteiger partial charge < -0.3 is 10.1 Å². The molecule has 0 amide bonds. The molecule has 3 aromatic rings. The number of hydrogen-bond donors (Lipinski definition) is 2. The molecule has 0 fully saturated rings. The van der Waals surface area contributed by atoms with Crippen LogP contribution in [-0.4, -0.2) is 19.9 Å². The van der Waals surface area contributed by atoms with E-state index in [1.54, 1.807) is 36.3 Å². The molecule has 3 rings (SSSR count). The van der Waals surface area contributed by atoms with E-state index in [1.165, 1.54) is 0 Å². The summed E-state index contributed by atoms with van der Waals surface area (Å²) in [4.78, 5) is 14.9. The van der Waals surface area contributed by atoms with Crippen molar-refractivity contribution in [1.29, 1.82) is 0 Å². The van der Waals surface area contributed by atoms with Gasteiger partial charge in [0.15, 0.2) is 0 Å². The fourth-order valence-electron chi connectivity index (χ4n) is 2.23. The Morgan fingerprint density at radius 2 is 2.15 bits per heavy atom. The van der Waals surface area contributed by atoms with E-state index in [0.29, 0.717) is 21.5 Å². The number of hydrogen-bond acceptors (Lipinski definition) is 3. The van der Waals surface area contributed by atoms with Crippen LogP contribution in [0.3, 0.4) is 0 Å². The third kappa shape index (κ3) is 1.87. The molecule has 102 valence electrons. The van der Waals surface area contributed by atoms with Gasteiger partial charge >= 0.3 is 0 Å². The number of pyridine rings is 1. The highest BCUT2D eigenvalue weighted by Gasteiger charge is 2.16. The number of aromatic nitrogens is 3. The second-order valence-electron chi connectivity index (χ2n) is 4.73. The molecule has 0 saturated carbocycles. The number of nitrogens with zero attached hydrogens (tertiary/aromatic N) is 2. The molecule has 20 heavy (non-hydrogen) atoms. The lowest BCUT2D eigenvalue weighted by molar-refractivity contribution is 0.482. The molecule has 2 aromatic heterocycles. The molecule has 0 bridgehead atoms. The van der Waals surface area contributed by atoms with Crippen LogP contribution in [0.2, 0.25) is 5.02 Å². The van der Waals surface area contributed by atoms with Gasteiger partial charge in [-0.2, -0.15) is 5.10 Å². The van der Waals surface area contributed by atoms with E-state index in [4.69, 9.17) is 11.6 Å². The molecule has 0 spiro atoms. The van der Waals surface area contributed by atoms with Gasteiger partial charge in [0.05, 0.1) is 17.3 Å². The zero-order valence-electron chi connectivity index (χ0n) is 10.9. The number of aromatic amines is 1. The Hall–Kier alpha value is -2.27. The zero-order chi connectivity index (χ0) is 14.4. The lowest BCUT2D eigenvalue weighted by Gasteiger charge is -2.08. The Balaban J connectivity index is 2.40. The van der Waals surface area contributed by atoms with E-state index >= 15 is 0 Å². The first kappa shape index (κ1) is 12.7. The molecule has 0 saturated heterocycles. The minimum atomic E-state index is -0.372. The average molecular weight is 290 g/mol. The van der Waals surface area contributed by atoms with Crippen LogP contribution in [0.5, 0.6) is 5.75 Å². The van der Waals surface area contributed by atoms with Crippen LogP contribution in [0.1, 0.15) is 5.56 Å². The molecular weight excluding hydrogens is 278 g/mol. The van der Waals surface area contributed by atoms with E-state index in [-0.39, 0.29) is 16.9 Å². The Morgan fingerprint density at radius 1 is 1.40 bits per heavy atom. The molecule has 0 aliphatic heterocycles. The van der Waals surface area contributed by atoms with Gasteiger partial charge in [0, 0.05) is 29.2 Å². The van der Waals surface area contributed by atoms with E-state index in [2.05, 4.69) is 10.1 Å². The van der Waals surface area contributed by atoms with Gasteiger partial charge in [-0.15, -0.1) is 0 Å².